The second-order valence-corrected chi connectivity index (χ2v) is 6.94. The van der Waals surface area contributed by atoms with Crippen LogP contribution in [0.25, 0.3) is 6.08 Å². The maximum absolute atomic E-state index is 12.5. The largest absolute Gasteiger partial charge is 0.485 e. The van der Waals surface area contributed by atoms with Crippen molar-refractivity contribution in [2.24, 2.45) is 0 Å². The molecular formula is C17H17NO3S2. The number of thiocarbonyl (C=S) groups is 1. The average molecular weight is 347 g/mol. The number of nitrogens with zero attached hydrogens (tertiary/aromatic N) is 1. The van der Waals surface area contributed by atoms with E-state index in [0.29, 0.717) is 22.4 Å². The fourth-order valence-corrected chi connectivity index (χ4v) is 3.76. The molecular weight excluding hydrogens is 330 g/mol. The molecule has 1 amide bonds. The van der Waals surface area contributed by atoms with Crippen molar-refractivity contribution in [1.29, 1.82) is 0 Å². The van der Waals surface area contributed by atoms with Gasteiger partial charge < -0.3 is 9.47 Å². The van der Waals surface area contributed by atoms with Crippen molar-refractivity contribution >= 4 is 40.3 Å². The first-order valence-electron chi connectivity index (χ1n) is 7.31. The SMILES string of the molecule is COCCN1C(=O)/C(=C/C2=Cc3ccccc3O[C@@H]2C)SC1=S. The summed E-state index contributed by atoms with van der Waals surface area (Å²) in [5, 5.41) is 0. The van der Waals surface area contributed by atoms with Gasteiger partial charge in [0.25, 0.3) is 5.91 Å². The van der Waals surface area contributed by atoms with Gasteiger partial charge in [-0.25, -0.2) is 0 Å². The minimum atomic E-state index is -0.104. The number of para-hydroxylation sites is 1. The smallest absolute Gasteiger partial charge is 0.266 e. The zero-order chi connectivity index (χ0) is 16.4. The number of hydrogen-bond acceptors (Lipinski definition) is 5. The Bertz CT molecular complexity index is 712. The van der Waals surface area contributed by atoms with Crippen LogP contribution in [0.5, 0.6) is 5.75 Å². The molecule has 4 nitrogen and oxygen atoms in total. The molecule has 1 fully saturated rings. The van der Waals surface area contributed by atoms with Crippen molar-refractivity contribution in [1.82, 2.24) is 4.90 Å². The minimum absolute atomic E-state index is 0.0657. The monoisotopic (exact) mass is 347 g/mol. The van der Waals surface area contributed by atoms with Gasteiger partial charge in [0.1, 0.15) is 16.2 Å². The van der Waals surface area contributed by atoms with Gasteiger partial charge in [-0.3, -0.25) is 9.69 Å². The lowest BCUT2D eigenvalue weighted by molar-refractivity contribution is -0.122. The average Bonchev–Trinajstić information content (AvgIpc) is 2.80. The molecule has 2 aliphatic rings. The quantitative estimate of drug-likeness (QED) is 0.618. The summed E-state index contributed by atoms with van der Waals surface area (Å²) in [7, 11) is 1.61. The van der Waals surface area contributed by atoms with Gasteiger partial charge in [0.2, 0.25) is 0 Å². The van der Waals surface area contributed by atoms with Crippen molar-refractivity contribution in [3.8, 4) is 5.75 Å². The van der Waals surface area contributed by atoms with E-state index in [1.54, 1.807) is 12.0 Å². The Labute approximate surface area is 145 Å². The normalized spacial score (nSPS) is 22.2. The van der Waals surface area contributed by atoms with E-state index in [1.807, 2.05) is 37.3 Å². The lowest BCUT2D eigenvalue weighted by Gasteiger charge is -2.23. The van der Waals surface area contributed by atoms with Crippen LogP contribution in [0.2, 0.25) is 0 Å². The van der Waals surface area contributed by atoms with Crippen molar-refractivity contribution in [3.05, 3.63) is 46.4 Å². The van der Waals surface area contributed by atoms with Gasteiger partial charge in [-0.1, -0.05) is 42.2 Å². The predicted molar refractivity (Wildman–Crippen MR) is 96.4 cm³/mol. The Morgan fingerprint density at radius 3 is 3.00 bits per heavy atom. The fraction of sp³-hybridized carbons (Fsp3) is 0.294. The van der Waals surface area contributed by atoms with Gasteiger partial charge in [0.15, 0.2) is 0 Å². The molecule has 2 aliphatic heterocycles. The summed E-state index contributed by atoms with van der Waals surface area (Å²) in [5.41, 5.74) is 1.99. The topological polar surface area (TPSA) is 38.8 Å². The number of fused-ring (bicyclic) bond motifs is 1. The van der Waals surface area contributed by atoms with Crippen LogP contribution in [0, 0.1) is 0 Å². The summed E-state index contributed by atoms with van der Waals surface area (Å²) in [6.45, 7) is 2.92. The maximum Gasteiger partial charge on any atom is 0.266 e. The van der Waals surface area contributed by atoms with Crippen molar-refractivity contribution < 1.29 is 14.3 Å². The fourth-order valence-electron chi connectivity index (χ4n) is 2.45. The van der Waals surface area contributed by atoms with E-state index in [2.05, 4.69) is 6.08 Å². The molecule has 6 heteroatoms. The summed E-state index contributed by atoms with van der Waals surface area (Å²) >= 11 is 6.62. The molecule has 1 aromatic rings. The molecule has 0 unspecified atom stereocenters. The van der Waals surface area contributed by atoms with Gasteiger partial charge in [-0.2, -0.15) is 0 Å². The van der Waals surface area contributed by atoms with E-state index < -0.39 is 0 Å². The number of carbonyl (C=O) groups is 1. The number of thioether (sulfide) groups is 1. The zero-order valence-electron chi connectivity index (χ0n) is 12.9. The minimum Gasteiger partial charge on any atom is -0.485 e. The Balaban J connectivity index is 1.86. The van der Waals surface area contributed by atoms with Gasteiger partial charge in [0.05, 0.1) is 18.1 Å². The number of hydrogen-bond donors (Lipinski definition) is 0. The first-order valence-corrected chi connectivity index (χ1v) is 8.54. The summed E-state index contributed by atoms with van der Waals surface area (Å²) in [6.07, 6.45) is 3.84. The molecule has 3 rings (SSSR count). The first-order chi connectivity index (χ1) is 11.1. The zero-order valence-corrected chi connectivity index (χ0v) is 14.6. The Hall–Kier alpha value is -1.63. The van der Waals surface area contributed by atoms with E-state index in [9.17, 15) is 4.79 Å². The lowest BCUT2D eigenvalue weighted by Crippen LogP contribution is -2.31. The Kier molecular flexibility index (Phi) is 4.84. The highest BCUT2D eigenvalue weighted by Gasteiger charge is 2.32. The van der Waals surface area contributed by atoms with Crippen LogP contribution in [0.4, 0.5) is 0 Å². The van der Waals surface area contributed by atoms with Crippen LogP contribution in [0.3, 0.4) is 0 Å². The Morgan fingerprint density at radius 2 is 2.22 bits per heavy atom. The molecule has 0 bridgehead atoms. The number of ether oxygens (including phenoxy) is 2. The second kappa shape index (κ2) is 6.86. The van der Waals surface area contributed by atoms with Crippen molar-refractivity contribution in [3.63, 3.8) is 0 Å². The summed E-state index contributed by atoms with van der Waals surface area (Å²) in [6, 6.07) is 7.87. The van der Waals surface area contributed by atoms with Crippen molar-refractivity contribution in [2.45, 2.75) is 13.0 Å². The van der Waals surface area contributed by atoms with Crippen LogP contribution < -0.4 is 4.74 Å². The van der Waals surface area contributed by atoms with E-state index in [-0.39, 0.29) is 12.0 Å². The third-order valence-electron chi connectivity index (χ3n) is 3.70. The summed E-state index contributed by atoms with van der Waals surface area (Å²) in [4.78, 5) is 14.7. The molecule has 0 N–H and O–H groups in total. The van der Waals surface area contributed by atoms with Crippen LogP contribution in [0.15, 0.2) is 40.8 Å². The molecule has 0 aromatic heterocycles. The predicted octanol–water partition coefficient (Wildman–Crippen LogP) is 3.24. The molecule has 1 aromatic carbocycles. The highest BCUT2D eigenvalue weighted by Crippen LogP contribution is 2.35. The second-order valence-electron chi connectivity index (χ2n) is 5.27. The Morgan fingerprint density at radius 1 is 1.43 bits per heavy atom. The number of carbonyl (C=O) groups excluding carboxylic acids is 1. The van der Waals surface area contributed by atoms with Gasteiger partial charge in [-0.05, 0) is 30.7 Å². The first kappa shape index (κ1) is 16.2. The van der Waals surface area contributed by atoms with E-state index in [4.69, 9.17) is 21.7 Å². The molecule has 1 atom stereocenters. The molecule has 23 heavy (non-hydrogen) atoms. The molecule has 0 saturated carbocycles. The third-order valence-corrected chi connectivity index (χ3v) is 5.08. The number of rotatable bonds is 4. The lowest BCUT2D eigenvalue weighted by atomic mass is 10.0. The number of benzene rings is 1. The van der Waals surface area contributed by atoms with Gasteiger partial charge in [-0.15, -0.1) is 0 Å². The van der Waals surface area contributed by atoms with Crippen LogP contribution in [0.1, 0.15) is 12.5 Å². The molecule has 2 heterocycles. The summed E-state index contributed by atoms with van der Waals surface area (Å²) in [5.74, 6) is 0.800. The highest BCUT2D eigenvalue weighted by atomic mass is 32.2. The molecule has 0 aliphatic carbocycles. The van der Waals surface area contributed by atoms with E-state index in [1.165, 1.54) is 11.8 Å². The van der Waals surface area contributed by atoms with Gasteiger partial charge in [0, 0.05) is 12.7 Å². The number of amides is 1. The molecule has 1 saturated heterocycles. The molecule has 120 valence electrons. The van der Waals surface area contributed by atoms with Crippen molar-refractivity contribution in [2.75, 3.05) is 20.3 Å². The highest BCUT2D eigenvalue weighted by molar-refractivity contribution is 8.26. The third kappa shape index (κ3) is 3.34. The van der Waals surface area contributed by atoms with Crippen LogP contribution >= 0.6 is 24.0 Å². The van der Waals surface area contributed by atoms with Gasteiger partial charge >= 0.3 is 0 Å². The van der Waals surface area contributed by atoms with Crippen LogP contribution in [-0.4, -0.2) is 41.5 Å². The van der Waals surface area contributed by atoms with Crippen LogP contribution in [-0.2, 0) is 9.53 Å². The number of methoxy groups -OCH3 is 1. The van der Waals surface area contributed by atoms with E-state index in [0.717, 1.165) is 16.9 Å². The summed E-state index contributed by atoms with van der Waals surface area (Å²) < 4.78 is 11.5. The molecule has 0 radical (unpaired) electrons. The maximum atomic E-state index is 12.5. The molecule has 0 spiro atoms. The standard InChI is InChI=1S/C17H17NO3S2/c1-11-13(9-12-5-3-4-6-14(12)21-11)10-15-16(19)18(7-8-20-2)17(22)23-15/h3-6,9-11H,7-8H2,1-2H3/b15-10-/t11-/m1/s1. The van der Waals surface area contributed by atoms with E-state index >= 15 is 0 Å².